The SMILES string of the molecule is Cc1cc(F)c(C(=O)NC2CC2)cc1-c1cnc(N[C@@H](C)CO)c(-c2ccns2)c1. The number of amides is 1. The van der Waals surface area contributed by atoms with Crippen molar-refractivity contribution in [1.29, 1.82) is 0 Å². The van der Waals surface area contributed by atoms with Crippen LogP contribution in [0.1, 0.15) is 35.7 Å². The summed E-state index contributed by atoms with van der Waals surface area (Å²) in [4.78, 5) is 17.9. The summed E-state index contributed by atoms with van der Waals surface area (Å²) in [5, 5.41) is 15.4. The molecule has 1 aliphatic carbocycles. The number of aliphatic hydroxyl groups is 1. The van der Waals surface area contributed by atoms with Crippen LogP contribution in [0, 0.1) is 12.7 Å². The second kappa shape index (κ2) is 8.49. The quantitative estimate of drug-likeness (QED) is 0.532. The molecule has 1 aromatic carbocycles. The number of nitrogens with zero attached hydrogens (tertiary/aromatic N) is 2. The number of benzene rings is 1. The highest BCUT2D eigenvalue weighted by molar-refractivity contribution is 7.09. The van der Waals surface area contributed by atoms with E-state index in [9.17, 15) is 14.3 Å². The van der Waals surface area contributed by atoms with E-state index in [1.807, 2.05) is 26.0 Å². The first kappa shape index (κ1) is 20.4. The van der Waals surface area contributed by atoms with E-state index in [-0.39, 0.29) is 30.2 Å². The zero-order chi connectivity index (χ0) is 21.3. The van der Waals surface area contributed by atoms with Crippen LogP contribution in [-0.2, 0) is 0 Å². The zero-order valence-electron chi connectivity index (χ0n) is 16.8. The fourth-order valence-corrected chi connectivity index (χ4v) is 3.81. The minimum absolute atomic E-state index is 0.0257. The Labute approximate surface area is 178 Å². The van der Waals surface area contributed by atoms with Gasteiger partial charge in [-0.25, -0.2) is 13.7 Å². The lowest BCUT2D eigenvalue weighted by Crippen LogP contribution is -2.26. The molecule has 8 heteroatoms. The Balaban J connectivity index is 1.76. The number of aliphatic hydroxyl groups excluding tert-OH is 1. The Bertz CT molecular complexity index is 1070. The Hall–Kier alpha value is -2.84. The summed E-state index contributed by atoms with van der Waals surface area (Å²) < 4.78 is 18.7. The van der Waals surface area contributed by atoms with Gasteiger partial charge in [0.15, 0.2) is 0 Å². The van der Waals surface area contributed by atoms with Crippen molar-refractivity contribution in [2.24, 2.45) is 0 Å². The number of aromatic nitrogens is 2. The van der Waals surface area contributed by atoms with Crippen molar-refractivity contribution in [2.75, 3.05) is 11.9 Å². The van der Waals surface area contributed by atoms with Gasteiger partial charge in [0.05, 0.1) is 17.0 Å². The van der Waals surface area contributed by atoms with Crippen LogP contribution in [0.15, 0.2) is 36.7 Å². The summed E-state index contributed by atoms with van der Waals surface area (Å²) in [6, 6.07) is 6.82. The molecule has 0 unspecified atom stereocenters. The monoisotopic (exact) mass is 426 g/mol. The van der Waals surface area contributed by atoms with Gasteiger partial charge < -0.3 is 15.7 Å². The van der Waals surface area contributed by atoms with E-state index in [1.165, 1.54) is 17.6 Å². The molecule has 0 spiro atoms. The number of hydrogen-bond acceptors (Lipinski definition) is 6. The minimum Gasteiger partial charge on any atom is -0.394 e. The molecule has 0 saturated heterocycles. The second-order valence-corrected chi connectivity index (χ2v) is 8.45. The van der Waals surface area contributed by atoms with Gasteiger partial charge in [0.1, 0.15) is 11.6 Å². The Morgan fingerprint density at radius 3 is 2.80 bits per heavy atom. The molecule has 6 nitrogen and oxygen atoms in total. The molecule has 0 aliphatic heterocycles. The lowest BCUT2D eigenvalue weighted by atomic mass is 9.97. The molecule has 0 radical (unpaired) electrons. The van der Waals surface area contributed by atoms with Crippen LogP contribution >= 0.6 is 11.5 Å². The largest absolute Gasteiger partial charge is 0.394 e. The molecule has 1 aliphatic rings. The number of nitrogens with one attached hydrogen (secondary N) is 2. The average Bonchev–Trinajstić information content (AvgIpc) is 3.37. The van der Waals surface area contributed by atoms with Gasteiger partial charge in [0.2, 0.25) is 0 Å². The van der Waals surface area contributed by atoms with Crippen LogP contribution < -0.4 is 10.6 Å². The molecule has 0 bridgehead atoms. The summed E-state index contributed by atoms with van der Waals surface area (Å²) >= 11 is 1.34. The van der Waals surface area contributed by atoms with Gasteiger partial charge in [0, 0.05) is 35.6 Å². The first-order valence-electron chi connectivity index (χ1n) is 9.86. The lowest BCUT2D eigenvalue weighted by molar-refractivity contribution is 0.0947. The van der Waals surface area contributed by atoms with Crippen molar-refractivity contribution < 1.29 is 14.3 Å². The molecule has 3 N–H and O–H groups in total. The van der Waals surface area contributed by atoms with Gasteiger partial charge in [-0.3, -0.25) is 4.79 Å². The van der Waals surface area contributed by atoms with Crippen molar-refractivity contribution in [3.05, 3.63) is 53.6 Å². The van der Waals surface area contributed by atoms with Crippen LogP contribution in [0.25, 0.3) is 21.6 Å². The molecular formula is C22H23FN4O2S. The summed E-state index contributed by atoms with van der Waals surface area (Å²) in [5.74, 6) is -0.280. The van der Waals surface area contributed by atoms with E-state index in [2.05, 4.69) is 20.0 Å². The Morgan fingerprint density at radius 1 is 1.33 bits per heavy atom. The van der Waals surface area contributed by atoms with Gasteiger partial charge in [-0.1, -0.05) is 0 Å². The molecule has 3 aromatic rings. The number of hydrogen-bond donors (Lipinski definition) is 3. The molecular weight excluding hydrogens is 403 g/mol. The molecule has 156 valence electrons. The number of rotatable bonds is 7. The predicted molar refractivity (Wildman–Crippen MR) is 116 cm³/mol. The van der Waals surface area contributed by atoms with Crippen molar-refractivity contribution in [1.82, 2.24) is 14.7 Å². The van der Waals surface area contributed by atoms with Crippen LogP contribution in [0.5, 0.6) is 0 Å². The third kappa shape index (κ3) is 4.34. The number of anilines is 1. The smallest absolute Gasteiger partial charge is 0.254 e. The first-order valence-corrected chi connectivity index (χ1v) is 10.6. The highest BCUT2D eigenvalue weighted by Crippen LogP contribution is 2.35. The zero-order valence-corrected chi connectivity index (χ0v) is 17.6. The third-order valence-corrected chi connectivity index (χ3v) is 5.81. The molecule has 30 heavy (non-hydrogen) atoms. The van der Waals surface area contributed by atoms with E-state index in [4.69, 9.17) is 0 Å². The van der Waals surface area contributed by atoms with Crippen LogP contribution in [0.4, 0.5) is 10.2 Å². The van der Waals surface area contributed by atoms with Gasteiger partial charge in [0.25, 0.3) is 5.91 Å². The van der Waals surface area contributed by atoms with Crippen LogP contribution in [0.3, 0.4) is 0 Å². The van der Waals surface area contributed by atoms with E-state index in [0.29, 0.717) is 5.82 Å². The summed E-state index contributed by atoms with van der Waals surface area (Å²) in [7, 11) is 0. The number of aryl methyl sites for hydroxylation is 1. The number of carbonyl (C=O) groups excluding carboxylic acids is 1. The van der Waals surface area contributed by atoms with Gasteiger partial charge in [-0.05, 0) is 73.6 Å². The minimum atomic E-state index is -0.528. The number of carbonyl (C=O) groups is 1. The van der Waals surface area contributed by atoms with E-state index in [1.54, 1.807) is 18.5 Å². The fourth-order valence-electron chi connectivity index (χ4n) is 3.20. The maximum Gasteiger partial charge on any atom is 0.254 e. The average molecular weight is 427 g/mol. The number of halogens is 1. The van der Waals surface area contributed by atoms with Crippen LogP contribution in [0.2, 0.25) is 0 Å². The summed E-state index contributed by atoms with van der Waals surface area (Å²) in [6.45, 7) is 3.65. The van der Waals surface area contributed by atoms with Crippen LogP contribution in [-0.4, -0.2) is 39.1 Å². The molecule has 2 heterocycles. The van der Waals surface area contributed by atoms with E-state index < -0.39 is 5.82 Å². The normalized spacial score (nSPS) is 14.4. The maximum absolute atomic E-state index is 14.5. The molecule has 1 saturated carbocycles. The van der Waals surface area contributed by atoms with Crippen molar-refractivity contribution in [2.45, 2.75) is 38.8 Å². The highest BCUT2D eigenvalue weighted by atomic mass is 32.1. The van der Waals surface area contributed by atoms with Gasteiger partial charge in [-0.15, -0.1) is 0 Å². The molecule has 1 atom stereocenters. The summed E-state index contributed by atoms with van der Waals surface area (Å²) in [5.41, 5.74) is 3.12. The fraction of sp³-hybridized carbons (Fsp3) is 0.318. The summed E-state index contributed by atoms with van der Waals surface area (Å²) in [6.07, 6.45) is 5.29. The third-order valence-electron chi connectivity index (χ3n) is 5.03. The van der Waals surface area contributed by atoms with Crippen molar-refractivity contribution in [3.8, 4) is 21.6 Å². The first-order chi connectivity index (χ1) is 14.5. The molecule has 4 rings (SSSR count). The highest BCUT2D eigenvalue weighted by Gasteiger charge is 2.26. The molecule has 1 fully saturated rings. The molecule has 1 amide bonds. The van der Waals surface area contributed by atoms with E-state index >= 15 is 0 Å². The predicted octanol–water partition coefficient (Wildman–Crippen LogP) is 4.00. The van der Waals surface area contributed by atoms with Crippen molar-refractivity contribution >= 4 is 23.3 Å². The van der Waals surface area contributed by atoms with Gasteiger partial charge >= 0.3 is 0 Å². The topological polar surface area (TPSA) is 87.1 Å². The Morgan fingerprint density at radius 2 is 2.13 bits per heavy atom. The standard InChI is InChI=1S/C22H23FN4O2S/c1-12-7-19(23)17(22(29)27-15-3-4-15)9-16(12)14-8-18(20-5-6-25-30-20)21(24-10-14)26-13(2)11-28/h5-10,13,15,28H,3-4,11H2,1-2H3,(H,24,26)(H,27,29)/t13-/m0/s1. The molecule has 2 aromatic heterocycles. The second-order valence-electron chi connectivity index (χ2n) is 7.62. The maximum atomic E-state index is 14.5. The van der Waals surface area contributed by atoms with Gasteiger partial charge in [-0.2, -0.15) is 0 Å². The number of pyridine rings is 1. The van der Waals surface area contributed by atoms with E-state index in [0.717, 1.165) is 40.0 Å². The van der Waals surface area contributed by atoms with Crippen molar-refractivity contribution in [3.63, 3.8) is 0 Å². The lowest BCUT2D eigenvalue weighted by Gasteiger charge is -2.17. The Kier molecular flexibility index (Phi) is 5.78.